The first-order valence-electron chi connectivity index (χ1n) is 7.60. The van der Waals surface area contributed by atoms with E-state index in [4.69, 9.17) is 0 Å². The van der Waals surface area contributed by atoms with Crippen LogP contribution in [0.5, 0.6) is 0 Å². The largest absolute Gasteiger partial charge is 0.356 e. The first kappa shape index (κ1) is 21.9. The van der Waals surface area contributed by atoms with Gasteiger partial charge in [0.05, 0.1) is 0 Å². The Kier molecular flexibility index (Phi) is 10.1. The fourth-order valence-electron chi connectivity index (χ4n) is 2.07. The second kappa shape index (κ2) is 11.5. The monoisotopic (exact) mass is 536 g/mol. The smallest absolute Gasteiger partial charge is 0.226 e. The molecule has 0 saturated heterocycles. The van der Waals surface area contributed by atoms with Crippen molar-refractivity contribution in [2.24, 2.45) is 4.99 Å². The predicted octanol–water partition coefficient (Wildman–Crippen LogP) is 4.13. The van der Waals surface area contributed by atoms with Gasteiger partial charge in [-0.3, -0.25) is 9.79 Å². The van der Waals surface area contributed by atoms with Gasteiger partial charge in [-0.1, -0.05) is 15.9 Å². The van der Waals surface area contributed by atoms with E-state index in [0.717, 1.165) is 15.7 Å². The fraction of sp³-hybridized carbons (Fsp3) is 0.294. The van der Waals surface area contributed by atoms with Crippen molar-refractivity contribution < 1.29 is 4.79 Å². The highest BCUT2D eigenvalue weighted by Crippen LogP contribution is 2.20. The Labute approximate surface area is 177 Å². The number of carbonyl (C=O) groups excluding carboxylic acids is 1. The van der Waals surface area contributed by atoms with Crippen LogP contribution in [0.3, 0.4) is 0 Å². The zero-order valence-electron chi connectivity index (χ0n) is 14.1. The summed E-state index contributed by atoms with van der Waals surface area (Å²) in [6, 6.07) is 7.85. The van der Waals surface area contributed by atoms with Gasteiger partial charge in [-0.2, -0.15) is 11.3 Å². The van der Waals surface area contributed by atoms with Gasteiger partial charge >= 0.3 is 0 Å². The maximum Gasteiger partial charge on any atom is 0.226 e. The van der Waals surface area contributed by atoms with Crippen molar-refractivity contribution in [1.82, 2.24) is 10.6 Å². The molecule has 1 aromatic carbocycles. The molecule has 0 fully saturated rings. The Morgan fingerprint density at radius 2 is 2.08 bits per heavy atom. The van der Waals surface area contributed by atoms with E-state index in [1.165, 1.54) is 5.56 Å². The highest BCUT2D eigenvalue weighted by atomic mass is 127. The number of carbonyl (C=O) groups is 1. The average molecular weight is 537 g/mol. The molecule has 25 heavy (non-hydrogen) atoms. The van der Waals surface area contributed by atoms with Crippen LogP contribution in [0.25, 0.3) is 0 Å². The van der Waals surface area contributed by atoms with E-state index in [1.807, 2.05) is 30.5 Å². The van der Waals surface area contributed by atoms with Crippen molar-refractivity contribution in [2.45, 2.75) is 19.9 Å². The molecular formula is C17H22BrIN4OS. The zero-order chi connectivity index (χ0) is 17.4. The Balaban J connectivity index is 0.00000312. The van der Waals surface area contributed by atoms with Crippen LogP contribution in [0.2, 0.25) is 0 Å². The van der Waals surface area contributed by atoms with Crippen molar-refractivity contribution in [3.8, 4) is 0 Å². The Morgan fingerprint density at radius 3 is 2.72 bits per heavy atom. The Bertz CT molecular complexity index is 707. The molecule has 5 nitrogen and oxygen atoms in total. The zero-order valence-corrected chi connectivity index (χ0v) is 18.9. The van der Waals surface area contributed by atoms with Crippen molar-refractivity contribution >= 4 is 68.8 Å². The van der Waals surface area contributed by atoms with Crippen LogP contribution >= 0.6 is 51.2 Å². The molecule has 0 bridgehead atoms. The standard InChI is InChI=1S/C17H21BrN4OS.HI/c1-12-9-14(18)3-4-15(12)22-16(23)5-7-20-17(19-2)21-10-13-6-8-24-11-13;/h3-4,6,8-9,11H,5,7,10H2,1-2H3,(H,22,23)(H2,19,20,21);1H. The van der Waals surface area contributed by atoms with E-state index in [2.05, 4.69) is 48.3 Å². The van der Waals surface area contributed by atoms with Gasteiger partial charge in [-0.05, 0) is 53.1 Å². The van der Waals surface area contributed by atoms with Gasteiger partial charge in [0.15, 0.2) is 5.96 Å². The summed E-state index contributed by atoms with van der Waals surface area (Å²) in [5, 5.41) is 13.4. The molecule has 2 rings (SSSR count). The lowest BCUT2D eigenvalue weighted by Crippen LogP contribution is -2.38. The number of rotatable bonds is 6. The second-order valence-corrected chi connectivity index (χ2v) is 6.94. The molecule has 0 atom stereocenters. The Morgan fingerprint density at radius 1 is 1.28 bits per heavy atom. The lowest BCUT2D eigenvalue weighted by atomic mass is 10.2. The van der Waals surface area contributed by atoms with E-state index in [9.17, 15) is 4.79 Å². The molecule has 0 unspecified atom stereocenters. The third-order valence-corrected chi connectivity index (χ3v) is 4.60. The lowest BCUT2D eigenvalue weighted by molar-refractivity contribution is -0.116. The maximum absolute atomic E-state index is 12.0. The van der Waals surface area contributed by atoms with Crippen LogP contribution in [-0.4, -0.2) is 25.5 Å². The molecule has 0 aliphatic rings. The summed E-state index contributed by atoms with van der Waals surface area (Å²) in [5.74, 6) is 0.662. The maximum atomic E-state index is 12.0. The first-order valence-corrected chi connectivity index (χ1v) is 9.33. The molecule has 0 aliphatic carbocycles. The number of nitrogens with zero attached hydrogens (tertiary/aromatic N) is 1. The number of hydrogen-bond donors (Lipinski definition) is 3. The van der Waals surface area contributed by atoms with E-state index in [-0.39, 0.29) is 29.9 Å². The molecule has 0 saturated carbocycles. The summed E-state index contributed by atoms with van der Waals surface area (Å²) in [7, 11) is 1.72. The van der Waals surface area contributed by atoms with Gasteiger partial charge in [-0.15, -0.1) is 24.0 Å². The summed E-state index contributed by atoms with van der Waals surface area (Å²) >= 11 is 5.08. The number of nitrogens with one attached hydrogen (secondary N) is 3. The minimum atomic E-state index is -0.0267. The summed E-state index contributed by atoms with van der Waals surface area (Å²) in [6.07, 6.45) is 0.370. The van der Waals surface area contributed by atoms with Crippen LogP contribution in [-0.2, 0) is 11.3 Å². The number of hydrogen-bond acceptors (Lipinski definition) is 3. The lowest BCUT2D eigenvalue weighted by Gasteiger charge is -2.12. The molecule has 8 heteroatoms. The van der Waals surface area contributed by atoms with Crippen LogP contribution in [0.15, 0.2) is 44.5 Å². The predicted molar refractivity (Wildman–Crippen MR) is 120 cm³/mol. The molecule has 3 N–H and O–H groups in total. The van der Waals surface area contributed by atoms with Crippen molar-refractivity contribution in [3.05, 3.63) is 50.6 Å². The van der Waals surface area contributed by atoms with Gasteiger partial charge in [0, 0.05) is 36.7 Å². The quantitative estimate of drug-likeness (QED) is 0.295. The van der Waals surface area contributed by atoms with Crippen LogP contribution in [0, 0.1) is 6.92 Å². The molecule has 136 valence electrons. The Hall–Kier alpha value is -1.13. The van der Waals surface area contributed by atoms with Crippen molar-refractivity contribution in [2.75, 3.05) is 18.9 Å². The number of benzene rings is 1. The number of aliphatic imine (C=N–C) groups is 1. The van der Waals surface area contributed by atoms with E-state index in [0.29, 0.717) is 25.5 Å². The molecule has 0 spiro atoms. The van der Waals surface area contributed by atoms with Crippen LogP contribution in [0.1, 0.15) is 17.5 Å². The summed E-state index contributed by atoms with van der Waals surface area (Å²) in [4.78, 5) is 16.2. The van der Waals surface area contributed by atoms with E-state index >= 15 is 0 Å². The number of amides is 1. The molecular weight excluding hydrogens is 515 g/mol. The number of halogens is 2. The third kappa shape index (κ3) is 7.74. The number of aryl methyl sites for hydroxylation is 1. The van der Waals surface area contributed by atoms with E-state index < -0.39 is 0 Å². The van der Waals surface area contributed by atoms with Crippen LogP contribution in [0.4, 0.5) is 5.69 Å². The number of anilines is 1. The molecule has 0 aliphatic heterocycles. The number of thiophene rings is 1. The fourth-order valence-corrected chi connectivity index (χ4v) is 3.22. The minimum Gasteiger partial charge on any atom is -0.356 e. The van der Waals surface area contributed by atoms with Crippen LogP contribution < -0.4 is 16.0 Å². The van der Waals surface area contributed by atoms with Crippen molar-refractivity contribution in [3.63, 3.8) is 0 Å². The summed E-state index contributed by atoms with van der Waals surface area (Å²) < 4.78 is 1.00. The molecule has 1 heterocycles. The van der Waals surface area contributed by atoms with Gasteiger partial charge in [-0.25, -0.2) is 0 Å². The van der Waals surface area contributed by atoms with Gasteiger partial charge in [0.1, 0.15) is 0 Å². The van der Waals surface area contributed by atoms with E-state index in [1.54, 1.807) is 18.4 Å². The topological polar surface area (TPSA) is 65.5 Å². The van der Waals surface area contributed by atoms with Gasteiger partial charge in [0.25, 0.3) is 0 Å². The molecule has 1 aromatic heterocycles. The van der Waals surface area contributed by atoms with Crippen molar-refractivity contribution in [1.29, 1.82) is 0 Å². The minimum absolute atomic E-state index is 0. The molecule has 0 radical (unpaired) electrons. The highest BCUT2D eigenvalue weighted by molar-refractivity contribution is 14.0. The third-order valence-electron chi connectivity index (χ3n) is 3.37. The summed E-state index contributed by atoms with van der Waals surface area (Å²) in [5.41, 5.74) is 3.08. The number of guanidine groups is 1. The SMILES string of the molecule is CN=C(NCCC(=O)Nc1ccc(Br)cc1C)NCc1ccsc1.I. The first-order chi connectivity index (χ1) is 11.6. The van der Waals surface area contributed by atoms with Gasteiger partial charge in [0.2, 0.25) is 5.91 Å². The highest BCUT2D eigenvalue weighted by Gasteiger charge is 2.06. The average Bonchev–Trinajstić information content (AvgIpc) is 3.07. The normalized spacial score (nSPS) is 10.8. The molecule has 2 aromatic rings. The molecule has 1 amide bonds. The summed E-state index contributed by atoms with van der Waals surface area (Å²) in [6.45, 7) is 3.20. The second-order valence-electron chi connectivity index (χ2n) is 5.24. The van der Waals surface area contributed by atoms with Gasteiger partial charge < -0.3 is 16.0 Å².